The standard InChI is InChI=1S/C59H84N6O15/c1-38(2)31-42-53(70)63(10)45(35-79-58(3,4)5)55(72)64-30-18-22-43(64)54(71)61(8)28-15-14-23-51(68)78-37-59(6,7)52(69)56(73)65-29-16-13-21-44(65)57(74)80-46(26-24-39-25-27-47(75-11)48(32-39)76-12)40-19-17-20-41(33-40)77-36-50(67)62(9)34-49(66)60-42/h14,17,19-20,23,25,27,32-33,38,42-46H,13,15-16,18,21-22,24,26,28-31,34-37H2,1-12H3,(H,60,66)/t42-,43+,44+,45+,46-/m1/s1. The lowest BCUT2D eigenvalue weighted by molar-refractivity contribution is -0.165. The second-order valence-corrected chi connectivity index (χ2v) is 22.9. The molecule has 3 heterocycles. The molecule has 0 unspecified atom stereocenters. The summed E-state index contributed by atoms with van der Waals surface area (Å²) in [4.78, 5) is 133. The number of nitrogens with zero attached hydrogens (tertiary/aromatic N) is 5. The molecule has 5 rings (SSSR count). The Morgan fingerprint density at radius 2 is 1.48 bits per heavy atom. The number of amides is 6. The lowest BCUT2D eigenvalue weighted by atomic mass is 9.87. The number of benzene rings is 2. The highest BCUT2D eigenvalue weighted by Crippen LogP contribution is 2.33. The SMILES string of the molecule is COc1ccc(CC[C@H]2OC(=O)[C@@H]3CCCCN3C(=O)C(=O)C(C)(C)COC(=O)C=CCCN(C)C(=O)[C@@H]3CCCN3C(=O)[C@H](COC(C)(C)C)N(C)C(=O)[C@@H](CC(C)C)NC(=O)CN(C)C(=O)COc3cccc2c3)cc1OC. The first-order chi connectivity index (χ1) is 37.7. The van der Waals surface area contributed by atoms with Crippen molar-refractivity contribution in [2.75, 3.05) is 81.4 Å². The van der Waals surface area contributed by atoms with Crippen LogP contribution in [0.1, 0.15) is 117 Å². The van der Waals surface area contributed by atoms with Crippen molar-refractivity contribution in [3.63, 3.8) is 0 Å². The maximum Gasteiger partial charge on any atom is 0.330 e. The highest BCUT2D eigenvalue weighted by molar-refractivity contribution is 6.38. The number of likely N-dealkylation sites (N-methyl/N-ethyl adjacent to an activating group) is 3. The van der Waals surface area contributed by atoms with Gasteiger partial charge < -0.3 is 58.2 Å². The van der Waals surface area contributed by atoms with E-state index in [2.05, 4.69) is 5.32 Å². The summed E-state index contributed by atoms with van der Waals surface area (Å²) < 4.78 is 34.8. The van der Waals surface area contributed by atoms with Gasteiger partial charge in [-0.1, -0.05) is 38.1 Å². The molecule has 0 aromatic heterocycles. The Kier molecular flexibility index (Phi) is 23.1. The van der Waals surface area contributed by atoms with Gasteiger partial charge in [0.2, 0.25) is 29.4 Å². The van der Waals surface area contributed by atoms with E-state index in [9.17, 15) is 43.2 Å². The molecule has 2 saturated heterocycles. The van der Waals surface area contributed by atoms with Gasteiger partial charge in [0.25, 0.3) is 11.8 Å². The van der Waals surface area contributed by atoms with E-state index in [-0.39, 0.29) is 69.5 Å². The summed E-state index contributed by atoms with van der Waals surface area (Å²) in [5, 5.41) is 2.80. The number of hydrogen-bond donors (Lipinski definition) is 1. The first kappa shape index (κ1) is 63.8. The molecule has 5 atom stereocenters. The summed E-state index contributed by atoms with van der Waals surface area (Å²) in [7, 11) is 7.54. The average Bonchev–Trinajstić information content (AvgIpc) is 3.92. The molecule has 3 aliphatic heterocycles. The molecule has 0 aliphatic carbocycles. The Morgan fingerprint density at radius 3 is 2.16 bits per heavy atom. The molecule has 2 bridgehead atoms. The maximum atomic E-state index is 14.6. The molecule has 0 saturated carbocycles. The number of rotatable bonds is 9. The van der Waals surface area contributed by atoms with Crippen molar-refractivity contribution in [2.24, 2.45) is 11.3 Å². The minimum atomic E-state index is -1.48. The van der Waals surface area contributed by atoms with E-state index in [1.807, 2.05) is 46.8 Å². The van der Waals surface area contributed by atoms with Crippen LogP contribution in [-0.2, 0) is 63.8 Å². The second kappa shape index (κ2) is 28.9. The Morgan fingerprint density at radius 1 is 0.775 bits per heavy atom. The van der Waals surface area contributed by atoms with Crippen LogP contribution in [0.5, 0.6) is 17.2 Å². The van der Waals surface area contributed by atoms with Crippen LogP contribution in [0.2, 0.25) is 0 Å². The number of carbonyl (C=O) groups excluding carboxylic acids is 9. The van der Waals surface area contributed by atoms with Crippen LogP contribution in [0.25, 0.3) is 0 Å². The van der Waals surface area contributed by atoms with Crippen molar-refractivity contribution in [2.45, 2.75) is 142 Å². The van der Waals surface area contributed by atoms with E-state index in [0.717, 1.165) is 10.5 Å². The Balaban J connectivity index is 1.46. The average molecular weight is 1120 g/mol. The fourth-order valence-corrected chi connectivity index (χ4v) is 9.72. The van der Waals surface area contributed by atoms with Crippen molar-refractivity contribution in [1.82, 2.24) is 29.8 Å². The topological polar surface area (TPSA) is 237 Å². The molecule has 21 heteroatoms. The van der Waals surface area contributed by atoms with Gasteiger partial charge in [0.05, 0.1) is 38.4 Å². The van der Waals surface area contributed by atoms with Crippen molar-refractivity contribution in [1.29, 1.82) is 0 Å². The summed E-state index contributed by atoms with van der Waals surface area (Å²) in [5.74, 6) is -4.66. The van der Waals surface area contributed by atoms with Crippen LogP contribution in [0, 0.1) is 11.3 Å². The van der Waals surface area contributed by atoms with Gasteiger partial charge in [-0.25, -0.2) is 9.59 Å². The van der Waals surface area contributed by atoms with Gasteiger partial charge in [-0.15, -0.1) is 0 Å². The molecule has 0 spiro atoms. The zero-order valence-electron chi connectivity index (χ0n) is 48.8. The smallest absolute Gasteiger partial charge is 0.330 e. The third-order valence-electron chi connectivity index (χ3n) is 14.4. The quantitative estimate of drug-likeness (QED) is 0.261. The van der Waals surface area contributed by atoms with Crippen LogP contribution < -0.4 is 19.5 Å². The number of ether oxygens (including phenoxy) is 6. The molecule has 2 fully saturated rings. The number of methoxy groups -OCH3 is 2. The van der Waals surface area contributed by atoms with Crippen LogP contribution >= 0.6 is 0 Å². The molecule has 21 nitrogen and oxygen atoms in total. The Bertz CT molecular complexity index is 2580. The number of Topliss-reactive ketones (excluding diaryl/α,β-unsaturated/α-hetero) is 1. The maximum absolute atomic E-state index is 14.6. The molecule has 2 aromatic rings. The number of ketones is 1. The lowest BCUT2D eigenvalue weighted by Crippen LogP contribution is -2.59. The van der Waals surface area contributed by atoms with Gasteiger partial charge in [0.1, 0.15) is 42.6 Å². The van der Waals surface area contributed by atoms with Gasteiger partial charge in [0.15, 0.2) is 18.1 Å². The third kappa shape index (κ3) is 17.7. The number of hydrogen-bond acceptors (Lipinski definition) is 15. The van der Waals surface area contributed by atoms with Crippen molar-refractivity contribution in [3.8, 4) is 17.2 Å². The van der Waals surface area contributed by atoms with Crippen molar-refractivity contribution >= 4 is 53.2 Å². The van der Waals surface area contributed by atoms with Gasteiger partial charge in [-0.3, -0.25) is 33.6 Å². The predicted octanol–water partition coefficient (Wildman–Crippen LogP) is 4.86. The fourth-order valence-electron chi connectivity index (χ4n) is 9.72. The van der Waals surface area contributed by atoms with Crippen molar-refractivity contribution in [3.05, 3.63) is 65.7 Å². The Labute approximate surface area is 470 Å². The van der Waals surface area contributed by atoms with E-state index >= 15 is 0 Å². The molecule has 3 aliphatic rings. The number of carbonyl (C=O) groups is 9. The summed E-state index contributed by atoms with van der Waals surface area (Å²) in [6, 6.07) is 7.89. The molecule has 440 valence electrons. The molecule has 0 radical (unpaired) electrons. The lowest BCUT2D eigenvalue weighted by Gasteiger charge is -2.37. The number of cyclic esters (lactones) is 2. The summed E-state index contributed by atoms with van der Waals surface area (Å²) in [6.45, 7) is 11.1. The molecule has 80 heavy (non-hydrogen) atoms. The highest BCUT2D eigenvalue weighted by Gasteiger charge is 2.44. The van der Waals surface area contributed by atoms with Crippen LogP contribution in [0.4, 0.5) is 0 Å². The summed E-state index contributed by atoms with van der Waals surface area (Å²) >= 11 is 0. The van der Waals surface area contributed by atoms with Gasteiger partial charge >= 0.3 is 11.9 Å². The van der Waals surface area contributed by atoms with E-state index in [1.54, 1.807) is 37.4 Å². The molecule has 1 N–H and O–H groups in total. The Hall–Kier alpha value is -7.03. The molecule has 6 amide bonds. The van der Waals surface area contributed by atoms with Gasteiger partial charge in [-0.2, -0.15) is 0 Å². The zero-order chi connectivity index (χ0) is 59.1. The zero-order valence-corrected chi connectivity index (χ0v) is 48.8. The minimum absolute atomic E-state index is 0.0818. The van der Waals surface area contributed by atoms with E-state index in [1.165, 1.54) is 73.9 Å². The number of fused-ring (bicyclic) bond motifs is 4. The summed E-state index contributed by atoms with van der Waals surface area (Å²) in [6.07, 6.45) is 5.11. The van der Waals surface area contributed by atoms with Crippen LogP contribution in [0.15, 0.2) is 54.6 Å². The summed E-state index contributed by atoms with van der Waals surface area (Å²) in [5.41, 5.74) is -0.842. The van der Waals surface area contributed by atoms with E-state index in [4.69, 9.17) is 28.4 Å². The number of piperidine rings is 1. The first-order valence-corrected chi connectivity index (χ1v) is 27.6. The molecular weight excluding hydrogens is 1030 g/mol. The molecule has 2 aromatic carbocycles. The van der Waals surface area contributed by atoms with Crippen molar-refractivity contribution < 1.29 is 71.6 Å². The minimum Gasteiger partial charge on any atom is -0.493 e. The number of nitrogens with one attached hydrogen (secondary N) is 1. The van der Waals surface area contributed by atoms with Crippen LogP contribution in [0.3, 0.4) is 0 Å². The number of esters is 2. The van der Waals surface area contributed by atoms with Gasteiger partial charge in [-0.05, 0) is 134 Å². The third-order valence-corrected chi connectivity index (χ3v) is 14.4. The largest absolute Gasteiger partial charge is 0.493 e. The second-order valence-electron chi connectivity index (χ2n) is 22.9. The van der Waals surface area contributed by atoms with Crippen LogP contribution in [-0.4, -0.2) is 189 Å². The fraction of sp³-hybridized carbons (Fsp3) is 0.610. The molecular formula is C59H84N6O15. The monoisotopic (exact) mass is 1120 g/mol. The predicted molar refractivity (Wildman–Crippen MR) is 295 cm³/mol. The number of aryl methyl sites for hydroxylation is 1. The van der Waals surface area contributed by atoms with E-state index < -0.39 is 108 Å². The normalized spacial score (nSPS) is 23.4. The van der Waals surface area contributed by atoms with E-state index in [0.29, 0.717) is 49.2 Å². The van der Waals surface area contributed by atoms with Gasteiger partial charge in [0, 0.05) is 46.9 Å². The highest BCUT2D eigenvalue weighted by atomic mass is 16.5. The first-order valence-electron chi connectivity index (χ1n) is 27.6.